The second kappa shape index (κ2) is 3.31. The maximum Gasteiger partial charge on any atom is 0.144 e. The number of ether oxygens (including phenoxy) is 2. The molecule has 2 aliphatic heterocycles. The fourth-order valence-electron chi connectivity index (χ4n) is 2.18. The summed E-state index contributed by atoms with van der Waals surface area (Å²) in [6.07, 6.45) is 0. The Morgan fingerprint density at radius 1 is 1.33 bits per heavy atom. The van der Waals surface area contributed by atoms with E-state index in [0.717, 1.165) is 36.9 Å². The molecule has 15 heavy (non-hydrogen) atoms. The van der Waals surface area contributed by atoms with Crippen LogP contribution in [0.15, 0.2) is 18.2 Å². The van der Waals surface area contributed by atoms with Gasteiger partial charge in [-0.25, -0.2) is 0 Å². The van der Waals surface area contributed by atoms with Crippen molar-refractivity contribution in [1.82, 2.24) is 0 Å². The molecule has 2 aliphatic rings. The van der Waals surface area contributed by atoms with Crippen LogP contribution in [0.4, 0.5) is 11.4 Å². The minimum Gasteiger partial charge on any atom is -0.489 e. The van der Waals surface area contributed by atoms with E-state index in [9.17, 15) is 0 Å². The molecule has 1 atom stereocenters. The predicted molar refractivity (Wildman–Crippen MR) is 58.3 cm³/mol. The van der Waals surface area contributed by atoms with Crippen molar-refractivity contribution in [2.45, 2.75) is 6.04 Å². The maximum atomic E-state index is 5.73. The summed E-state index contributed by atoms with van der Waals surface area (Å²) in [6, 6.07) is 6.19. The highest BCUT2D eigenvalue weighted by Gasteiger charge is 2.30. The van der Waals surface area contributed by atoms with Gasteiger partial charge in [0.2, 0.25) is 0 Å². The van der Waals surface area contributed by atoms with Crippen LogP contribution in [0.25, 0.3) is 0 Å². The largest absolute Gasteiger partial charge is 0.489 e. The van der Waals surface area contributed by atoms with E-state index in [1.807, 2.05) is 18.2 Å². The zero-order valence-electron chi connectivity index (χ0n) is 8.48. The molecule has 2 N–H and O–H groups in total. The third kappa shape index (κ3) is 1.41. The molecule has 0 saturated carbocycles. The van der Waals surface area contributed by atoms with Crippen LogP contribution >= 0.6 is 0 Å². The van der Waals surface area contributed by atoms with Crippen molar-refractivity contribution in [1.29, 1.82) is 0 Å². The third-order valence-electron chi connectivity index (χ3n) is 2.95. The Kier molecular flexibility index (Phi) is 1.95. The molecule has 4 heteroatoms. The van der Waals surface area contributed by atoms with Crippen molar-refractivity contribution in [3.63, 3.8) is 0 Å². The topological polar surface area (TPSA) is 47.7 Å². The molecule has 0 unspecified atom stereocenters. The van der Waals surface area contributed by atoms with Gasteiger partial charge in [-0.3, -0.25) is 0 Å². The maximum absolute atomic E-state index is 5.73. The van der Waals surface area contributed by atoms with Gasteiger partial charge in [0.25, 0.3) is 0 Å². The van der Waals surface area contributed by atoms with E-state index in [1.165, 1.54) is 0 Å². The first-order chi connectivity index (χ1) is 7.34. The number of fused-ring (bicyclic) bond motifs is 3. The highest BCUT2D eigenvalue weighted by atomic mass is 16.5. The van der Waals surface area contributed by atoms with Gasteiger partial charge in [0.1, 0.15) is 12.4 Å². The second-order valence-corrected chi connectivity index (χ2v) is 3.96. The molecule has 1 fully saturated rings. The lowest BCUT2D eigenvalue weighted by Gasteiger charge is -2.41. The zero-order chi connectivity index (χ0) is 10.3. The minimum atomic E-state index is 0.356. The fourth-order valence-corrected chi connectivity index (χ4v) is 2.18. The average Bonchev–Trinajstić information content (AvgIpc) is 2.28. The summed E-state index contributed by atoms with van der Waals surface area (Å²) in [7, 11) is 0. The van der Waals surface area contributed by atoms with Gasteiger partial charge in [0, 0.05) is 18.3 Å². The molecule has 0 amide bonds. The van der Waals surface area contributed by atoms with Gasteiger partial charge < -0.3 is 20.1 Å². The van der Waals surface area contributed by atoms with E-state index < -0.39 is 0 Å². The smallest absolute Gasteiger partial charge is 0.144 e. The molecule has 4 nitrogen and oxygen atoms in total. The van der Waals surface area contributed by atoms with Crippen LogP contribution in [0.2, 0.25) is 0 Å². The van der Waals surface area contributed by atoms with Crippen LogP contribution in [0.5, 0.6) is 5.75 Å². The minimum absolute atomic E-state index is 0.356. The fraction of sp³-hybridized carbons (Fsp3) is 0.455. The summed E-state index contributed by atoms with van der Waals surface area (Å²) < 4.78 is 11.1. The van der Waals surface area contributed by atoms with Crippen molar-refractivity contribution < 1.29 is 9.47 Å². The number of anilines is 2. The molecule has 0 aliphatic carbocycles. The van der Waals surface area contributed by atoms with Crippen molar-refractivity contribution in [3.8, 4) is 5.75 Å². The molecule has 1 aromatic carbocycles. The van der Waals surface area contributed by atoms with E-state index in [-0.39, 0.29) is 0 Å². The standard InChI is InChI=1S/C11H14N2O2/c12-8-1-2-10-11(5-8)15-7-9-6-14-4-3-13(9)10/h1-2,5,9H,3-4,6-7,12H2/t9-/m1/s1. The molecule has 2 heterocycles. The highest BCUT2D eigenvalue weighted by Crippen LogP contribution is 2.36. The third-order valence-corrected chi connectivity index (χ3v) is 2.95. The van der Waals surface area contributed by atoms with Crippen LogP contribution in [0.1, 0.15) is 0 Å². The van der Waals surface area contributed by atoms with Crippen molar-refractivity contribution >= 4 is 11.4 Å². The lowest BCUT2D eigenvalue weighted by atomic mass is 10.1. The Balaban J connectivity index is 1.99. The molecule has 1 saturated heterocycles. The summed E-state index contributed by atoms with van der Waals surface area (Å²) in [5, 5.41) is 0. The summed E-state index contributed by atoms with van der Waals surface area (Å²) in [4.78, 5) is 2.35. The van der Waals surface area contributed by atoms with Crippen LogP contribution in [-0.2, 0) is 4.74 Å². The van der Waals surface area contributed by atoms with E-state index in [4.69, 9.17) is 15.2 Å². The van der Waals surface area contributed by atoms with Crippen LogP contribution in [-0.4, -0.2) is 32.4 Å². The highest BCUT2D eigenvalue weighted by molar-refractivity contribution is 5.65. The van der Waals surface area contributed by atoms with Gasteiger partial charge in [-0.05, 0) is 12.1 Å². The van der Waals surface area contributed by atoms with Gasteiger partial charge >= 0.3 is 0 Å². The molecule has 1 aromatic rings. The second-order valence-electron chi connectivity index (χ2n) is 3.96. The number of benzene rings is 1. The molecule has 80 valence electrons. The number of nitrogens with two attached hydrogens (primary N) is 1. The summed E-state index contributed by atoms with van der Waals surface area (Å²) in [6.45, 7) is 3.17. The van der Waals surface area contributed by atoms with Gasteiger partial charge in [0.15, 0.2) is 0 Å². The molecule has 0 aromatic heterocycles. The normalized spacial score (nSPS) is 24.0. The number of nitrogens with zero attached hydrogens (tertiary/aromatic N) is 1. The van der Waals surface area contributed by atoms with Crippen LogP contribution in [0, 0.1) is 0 Å². The lowest BCUT2D eigenvalue weighted by Crippen LogP contribution is -2.51. The van der Waals surface area contributed by atoms with Crippen molar-refractivity contribution in [2.24, 2.45) is 0 Å². The van der Waals surface area contributed by atoms with Gasteiger partial charge in [-0.1, -0.05) is 0 Å². The van der Waals surface area contributed by atoms with Crippen LogP contribution < -0.4 is 15.4 Å². The molecule has 0 radical (unpaired) electrons. The Morgan fingerprint density at radius 3 is 3.20 bits per heavy atom. The number of nitrogen functional groups attached to an aromatic ring is 1. The number of hydrogen-bond acceptors (Lipinski definition) is 4. The summed E-state index contributed by atoms with van der Waals surface area (Å²) in [5.41, 5.74) is 7.62. The zero-order valence-corrected chi connectivity index (χ0v) is 8.48. The van der Waals surface area contributed by atoms with Gasteiger partial charge in [-0.2, -0.15) is 0 Å². The lowest BCUT2D eigenvalue weighted by molar-refractivity contribution is 0.0705. The molecular formula is C11H14N2O2. The van der Waals surface area contributed by atoms with E-state index in [1.54, 1.807) is 0 Å². The Hall–Kier alpha value is -1.42. The molecule has 0 bridgehead atoms. The van der Waals surface area contributed by atoms with Gasteiger partial charge in [-0.15, -0.1) is 0 Å². The predicted octanol–water partition coefficient (Wildman–Crippen LogP) is 0.866. The van der Waals surface area contributed by atoms with E-state index >= 15 is 0 Å². The Bertz CT molecular complexity index is 381. The van der Waals surface area contributed by atoms with E-state index in [0.29, 0.717) is 12.6 Å². The Labute approximate surface area is 88.6 Å². The Morgan fingerprint density at radius 2 is 2.27 bits per heavy atom. The summed E-state index contributed by atoms with van der Waals surface area (Å²) >= 11 is 0. The van der Waals surface area contributed by atoms with Crippen LogP contribution in [0.3, 0.4) is 0 Å². The van der Waals surface area contributed by atoms with Gasteiger partial charge in [0.05, 0.1) is 24.9 Å². The van der Waals surface area contributed by atoms with E-state index in [2.05, 4.69) is 4.90 Å². The van der Waals surface area contributed by atoms with Crippen molar-refractivity contribution in [3.05, 3.63) is 18.2 Å². The first-order valence-electron chi connectivity index (χ1n) is 5.21. The monoisotopic (exact) mass is 206 g/mol. The van der Waals surface area contributed by atoms with Crippen molar-refractivity contribution in [2.75, 3.05) is 37.0 Å². The molecular weight excluding hydrogens is 192 g/mol. The molecule has 0 spiro atoms. The molecule has 3 rings (SSSR count). The first kappa shape index (κ1) is 8.85. The number of morpholine rings is 1. The number of hydrogen-bond donors (Lipinski definition) is 1. The summed E-state index contributed by atoms with van der Waals surface area (Å²) in [5.74, 6) is 0.896. The quantitative estimate of drug-likeness (QED) is 0.640. The SMILES string of the molecule is Nc1ccc2c(c1)OC[C@H]1COCCN21. The number of rotatable bonds is 0. The average molecular weight is 206 g/mol. The first-order valence-corrected chi connectivity index (χ1v) is 5.21.